The molecule has 0 radical (unpaired) electrons. The van der Waals surface area contributed by atoms with Gasteiger partial charge in [-0.15, -0.1) is 11.3 Å². The van der Waals surface area contributed by atoms with Gasteiger partial charge in [0.25, 0.3) is 5.91 Å². The van der Waals surface area contributed by atoms with Crippen LogP contribution in [-0.2, 0) is 11.2 Å². The monoisotopic (exact) mass is 362 g/mol. The quantitative estimate of drug-likeness (QED) is 0.665. The Bertz CT molecular complexity index is 993. The number of hydrogen-bond donors (Lipinski definition) is 0. The fraction of sp³-hybridized carbons (Fsp3) is 0.238. The third-order valence-electron chi connectivity index (χ3n) is 5.38. The molecule has 2 aliphatic rings. The molecule has 0 saturated carbocycles. The highest BCUT2D eigenvalue weighted by Gasteiger charge is 2.38. The maximum atomic E-state index is 13.1. The number of benzene rings is 2. The third-order valence-corrected chi connectivity index (χ3v) is 6.48. The second-order valence-electron chi connectivity index (χ2n) is 6.89. The largest absolute Gasteiger partial charge is 0.332 e. The first-order valence-electron chi connectivity index (χ1n) is 8.86. The summed E-state index contributed by atoms with van der Waals surface area (Å²) in [5, 5.41) is 1.08. The average molecular weight is 362 g/mol. The van der Waals surface area contributed by atoms with Crippen LogP contribution in [0.1, 0.15) is 26.8 Å². The van der Waals surface area contributed by atoms with Crippen molar-refractivity contribution in [2.45, 2.75) is 12.5 Å². The first-order valence-corrected chi connectivity index (χ1v) is 9.67. The summed E-state index contributed by atoms with van der Waals surface area (Å²) in [7, 11) is 0. The summed E-state index contributed by atoms with van der Waals surface area (Å²) in [6.07, 6.45) is 0.892. The maximum absolute atomic E-state index is 13.1. The molecule has 1 unspecified atom stereocenters. The van der Waals surface area contributed by atoms with Crippen LogP contribution in [0.15, 0.2) is 54.6 Å². The molecule has 1 fully saturated rings. The number of carbonyl (C=O) groups is 2. The minimum atomic E-state index is -0.0396. The van der Waals surface area contributed by atoms with Crippen LogP contribution in [0, 0.1) is 0 Å². The number of rotatable bonds is 1. The van der Waals surface area contributed by atoms with Gasteiger partial charge in [-0.3, -0.25) is 9.59 Å². The van der Waals surface area contributed by atoms with E-state index >= 15 is 0 Å². The number of hydrogen-bond acceptors (Lipinski definition) is 3. The summed E-state index contributed by atoms with van der Waals surface area (Å²) in [5.74, 6) is 0.00692. The topological polar surface area (TPSA) is 40.6 Å². The second-order valence-corrected chi connectivity index (χ2v) is 7.97. The molecule has 26 heavy (non-hydrogen) atoms. The second kappa shape index (κ2) is 5.95. The van der Waals surface area contributed by atoms with E-state index < -0.39 is 0 Å². The highest BCUT2D eigenvalue weighted by molar-refractivity contribution is 7.20. The normalized spacial score (nSPS) is 19.4. The van der Waals surface area contributed by atoms with Crippen LogP contribution in [0.2, 0.25) is 0 Å². The Balaban J connectivity index is 1.47. The lowest BCUT2D eigenvalue weighted by atomic mass is 9.90. The zero-order valence-corrected chi connectivity index (χ0v) is 15.0. The van der Waals surface area contributed by atoms with Gasteiger partial charge in [0, 0.05) is 17.8 Å². The van der Waals surface area contributed by atoms with Crippen molar-refractivity contribution in [2.24, 2.45) is 0 Å². The Labute approximate surface area is 155 Å². The van der Waals surface area contributed by atoms with Gasteiger partial charge in [0.05, 0.1) is 10.9 Å². The molecular weight excluding hydrogens is 344 g/mol. The van der Waals surface area contributed by atoms with E-state index in [1.54, 1.807) is 4.90 Å². The average Bonchev–Trinajstić information content (AvgIpc) is 3.11. The van der Waals surface area contributed by atoms with Crippen molar-refractivity contribution < 1.29 is 9.59 Å². The van der Waals surface area contributed by atoms with Crippen LogP contribution in [0.25, 0.3) is 10.1 Å². The SMILES string of the molecule is O=C(c1cc2ccccc2s1)N1CC(=O)N2CCc3ccccc3C2C1. The molecule has 3 heterocycles. The highest BCUT2D eigenvalue weighted by atomic mass is 32.1. The Hall–Kier alpha value is -2.66. The molecule has 5 rings (SSSR count). The molecule has 130 valence electrons. The van der Waals surface area contributed by atoms with Crippen molar-refractivity contribution in [3.63, 3.8) is 0 Å². The first kappa shape index (κ1) is 15.6. The van der Waals surface area contributed by atoms with E-state index in [2.05, 4.69) is 12.1 Å². The number of fused-ring (bicyclic) bond motifs is 4. The molecule has 2 aliphatic heterocycles. The summed E-state index contributed by atoms with van der Waals surface area (Å²) in [4.78, 5) is 30.1. The van der Waals surface area contributed by atoms with Crippen molar-refractivity contribution in [1.82, 2.24) is 9.80 Å². The number of nitrogens with zero attached hydrogens (tertiary/aromatic N) is 2. The Kier molecular flexibility index (Phi) is 3.57. The van der Waals surface area contributed by atoms with Crippen LogP contribution >= 0.6 is 11.3 Å². The van der Waals surface area contributed by atoms with Gasteiger partial charge in [0.2, 0.25) is 5.91 Å². The predicted octanol–water partition coefficient (Wildman–Crippen LogP) is 3.48. The van der Waals surface area contributed by atoms with Gasteiger partial charge in [-0.25, -0.2) is 0 Å². The van der Waals surface area contributed by atoms with E-state index in [4.69, 9.17) is 0 Å². The van der Waals surface area contributed by atoms with E-state index in [0.717, 1.165) is 23.1 Å². The smallest absolute Gasteiger partial charge is 0.264 e. The molecule has 1 atom stereocenters. The number of amides is 2. The van der Waals surface area contributed by atoms with Gasteiger partial charge in [-0.1, -0.05) is 42.5 Å². The molecule has 0 N–H and O–H groups in total. The van der Waals surface area contributed by atoms with Crippen LogP contribution < -0.4 is 0 Å². The maximum Gasteiger partial charge on any atom is 0.264 e. The zero-order valence-electron chi connectivity index (χ0n) is 14.2. The minimum absolute atomic E-state index is 0.0282. The Morgan fingerprint density at radius 2 is 1.88 bits per heavy atom. The van der Waals surface area contributed by atoms with Gasteiger partial charge in [0.1, 0.15) is 6.54 Å². The van der Waals surface area contributed by atoms with Gasteiger partial charge >= 0.3 is 0 Å². The molecule has 0 spiro atoms. The molecule has 3 aromatic rings. The fourth-order valence-electron chi connectivity index (χ4n) is 4.07. The van der Waals surface area contributed by atoms with Crippen molar-refractivity contribution >= 4 is 33.2 Å². The molecule has 0 aliphatic carbocycles. The number of carbonyl (C=O) groups excluding carboxylic acids is 2. The lowest BCUT2D eigenvalue weighted by molar-refractivity contribution is -0.139. The molecule has 1 saturated heterocycles. The summed E-state index contributed by atoms with van der Waals surface area (Å²) in [5.41, 5.74) is 2.47. The fourth-order valence-corrected chi connectivity index (χ4v) is 5.10. The molecule has 1 aromatic heterocycles. The van der Waals surface area contributed by atoms with Gasteiger partial charge in [-0.05, 0) is 35.1 Å². The van der Waals surface area contributed by atoms with Crippen LogP contribution in [0.4, 0.5) is 0 Å². The Morgan fingerprint density at radius 3 is 2.77 bits per heavy atom. The van der Waals surface area contributed by atoms with Crippen molar-refractivity contribution in [3.8, 4) is 0 Å². The van der Waals surface area contributed by atoms with Crippen LogP contribution in [-0.4, -0.2) is 41.2 Å². The molecule has 0 bridgehead atoms. The predicted molar refractivity (Wildman–Crippen MR) is 102 cm³/mol. The van der Waals surface area contributed by atoms with E-state index in [-0.39, 0.29) is 24.4 Å². The molecule has 2 amide bonds. The first-order chi connectivity index (χ1) is 12.7. The molecular formula is C21H18N2O2S. The molecule has 4 nitrogen and oxygen atoms in total. The van der Waals surface area contributed by atoms with E-state index in [0.29, 0.717) is 11.4 Å². The lowest BCUT2D eigenvalue weighted by Gasteiger charge is -2.44. The van der Waals surface area contributed by atoms with Crippen molar-refractivity contribution in [3.05, 3.63) is 70.6 Å². The van der Waals surface area contributed by atoms with Gasteiger partial charge in [-0.2, -0.15) is 0 Å². The number of piperazine rings is 1. The Morgan fingerprint density at radius 1 is 1.08 bits per heavy atom. The molecule has 5 heteroatoms. The number of thiophene rings is 1. The zero-order chi connectivity index (χ0) is 17.7. The van der Waals surface area contributed by atoms with Gasteiger partial charge in [0.15, 0.2) is 0 Å². The van der Waals surface area contributed by atoms with E-state index in [1.165, 1.54) is 22.5 Å². The highest BCUT2D eigenvalue weighted by Crippen LogP contribution is 2.34. The standard InChI is InChI=1S/C21H18N2O2S/c24-20-13-22(21(25)19-11-15-6-2-4-8-18(15)26-19)12-17-16-7-3-1-5-14(16)9-10-23(17)20/h1-8,11,17H,9-10,12-13H2. The van der Waals surface area contributed by atoms with Gasteiger partial charge < -0.3 is 9.80 Å². The summed E-state index contributed by atoms with van der Waals surface area (Å²) >= 11 is 1.50. The third kappa shape index (κ3) is 2.42. The van der Waals surface area contributed by atoms with E-state index in [1.807, 2.05) is 47.4 Å². The van der Waals surface area contributed by atoms with Crippen LogP contribution in [0.3, 0.4) is 0 Å². The minimum Gasteiger partial charge on any atom is -0.332 e. The molecule has 2 aromatic carbocycles. The summed E-state index contributed by atoms with van der Waals surface area (Å²) in [6.45, 7) is 1.48. The van der Waals surface area contributed by atoms with Crippen molar-refractivity contribution in [1.29, 1.82) is 0 Å². The van der Waals surface area contributed by atoms with E-state index in [9.17, 15) is 9.59 Å². The lowest BCUT2D eigenvalue weighted by Crippen LogP contribution is -2.55. The van der Waals surface area contributed by atoms with Crippen LogP contribution in [0.5, 0.6) is 0 Å². The van der Waals surface area contributed by atoms with Crippen molar-refractivity contribution in [2.75, 3.05) is 19.6 Å². The summed E-state index contributed by atoms with van der Waals surface area (Å²) < 4.78 is 1.10. The summed E-state index contributed by atoms with van der Waals surface area (Å²) in [6, 6.07) is 18.2.